The first-order chi connectivity index (χ1) is 16.2. The molecule has 8 unspecified atom stereocenters. The second kappa shape index (κ2) is 10.2. The Balaban J connectivity index is 1.30. The van der Waals surface area contributed by atoms with Crippen LogP contribution in [0.5, 0.6) is 0 Å². The summed E-state index contributed by atoms with van der Waals surface area (Å²) in [5.41, 5.74) is 0. The van der Waals surface area contributed by atoms with Gasteiger partial charge in [-0.15, -0.1) is 0 Å². The van der Waals surface area contributed by atoms with Gasteiger partial charge in [0.2, 0.25) is 0 Å². The van der Waals surface area contributed by atoms with Crippen molar-refractivity contribution in [1.29, 1.82) is 0 Å². The normalized spacial score (nSPS) is 48.9. The Morgan fingerprint density at radius 2 is 0.758 bits per heavy atom. The molecular formula is C30H51BO2. The molecule has 0 aromatic heterocycles. The summed E-state index contributed by atoms with van der Waals surface area (Å²) >= 11 is 0. The van der Waals surface area contributed by atoms with Crippen molar-refractivity contribution in [2.75, 3.05) is 0 Å². The van der Waals surface area contributed by atoms with Gasteiger partial charge in [-0.2, -0.15) is 0 Å². The van der Waals surface area contributed by atoms with Gasteiger partial charge >= 0.3 is 7.12 Å². The van der Waals surface area contributed by atoms with Crippen LogP contribution in [0.4, 0.5) is 0 Å². The van der Waals surface area contributed by atoms with Crippen LogP contribution in [0, 0.1) is 59.2 Å². The highest BCUT2D eigenvalue weighted by atomic mass is 16.4. The largest absolute Gasteiger partial charge is 0.455 e. The van der Waals surface area contributed by atoms with E-state index >= 15 is 0 Å². The Morgan fingerprint density at radius 3 is 1.30 bits per heavy atom. The Hall–Kier alpha value is -0.0151. The average molecular weight is 455 g/mol. The zero-order chi connectivity index (χ0) is 22.4. The van der Waals surface area contributed by atoms with Crippen LogP contribution < -0.4 is 0 Å². The van der Waals surface area contributed by atoms with Crippen molar-refractivity contribution >= 4 is 7.12 Å². The van der Waals surface area contributed by atoms with Crippen LogP contribution in [0.25, 0.3) is 0 Å². The van der Waals surface area contributed by atoms with E-state index < -0.39 is 7.12 Å². The molecule has 0 amide bonds. The van der Waals surface area contributed by atoms with Gasteiger partial charge in [0, 0.05) is 0 Å². The van der Waals surface area contributed by atoms with Gasteiger partial charge in [-0.1, -0.05) is 83.5 Å². The zero-order valence-corrected chi connectivity index (χ0v) is 21.3. The third-order valence-electron chi connectivity index (χ3n) is 12.6. The van der Waals surface area contributed by atoms with Gasteiger partial charge in [-0.3, -0.25) is 0 Å². The minimum Gasteiger partial charge on any atom is -0.427 e. The molecule has 6 fully saturated rings. The van der Waals surface area contributed by atoms with Gasteiger partial charge in [0.05, 0.1) is 0 Å². The third kappa shape index (κ3) is 4.28. The van der Waals surface area contributed by atoms with E-state index in [0.29, 0.717) is 11.8 Å². The van der Waals surface area contributed by atoms with E-state index in [4.69, 9.17) is 0 Å². The van der Waals surface area contributed by atoms with Crippen molar-refractivity contribution in [3.05, 3.63) is 0 Å². The maximum absolute atomic E-state index is 10.6. The first kappa shape index (κ1) is 23.4. The van der Waals surface area contributed by atoms with Crippen LogP contribution >= 0.6 is 0 Å². The Bertz CT molecular complexity index is 621. The smallest absolute Gasteiger partial charge is 0.427 e. The Morgan fingerprint density at radius 1 is 0.364 bits per heavy atom. The molecule has 0 bridgehead atoms. The molecule has 2 N–H and O–H groups in total. The van der Waals surface area contributed by atoms with Crippen molar-refractivity contribution in [3.8, 4) is 0 Å². The van der Waals surface area contributed by atoms with Crippen LogP contribution in [0.3, 0.4) is 0 Å². The van der Waals surface area contributed by atoms with E-state index in [1.165, 1.54) is 122 Å². The van der Waals surface area contributed by atoms with Crippen LogP contribution in [-0.4, -0.2) is 17.2 Å². The van der Waals surface area contributed by atoms with E-state index in [0.717, 1.165) is 47.3 Å². The van der Waals surface area contributed by atoms with Gasteiger partial charge in [0.25, 0.3) is 0 Å². The van der Waals surface area contributed by atoms with Crippen LogP contribution in [0.1, 0.15) is 122 Å². The minimum atomic E-state index is -1.08. The summed E-state index contributed by atoms with van der Waals surface area (Å²) in [5.74, 6) is 8.97. The Labute approximate surface area is 204 Å². The summed E-state index contributed by atoms with van der Waals surface area (Å²) < 4.78 is 0. The molecule has 0 aliphatic heterocycles. The molecule has 0 spiro atoms. The molecule has 6 rings (SSSR count). The van der Waals surface area contributed by atoms with Crippen LogP contribution in [0.2, 0.25) is 5.82 Å². The molecule has 33 heavy (non-hydrogen) atoms. The Kier molecular flexibility index (Phi) is 7.20. The van der Waals surface area contributed by atoms with Gasteiger partial charge < -0.3 is 10.0 Å². The van der Waals surface area contributed by atoms with Crippen molar-refractivity contribution in [2.45, 2.75) is 128 Å². The van der Waals surface area contributed by atoms with Gasteiger partial charge in [-0.25, -0.2) is 0 Å². The van der Waals surface area contributed by atoms with E-state index in [2.05, 4.69) is 0 Å². The minimum absolute atomic E-state index is 0.178. The monoisotopic (exact) mass is 454 g/mol. The van der Waals surface area contributed by atoms with Crippen LogP contribution in [-0.2, 0) is 0 Å². The second-order valence-corrected chi connectivity index (χ2v) is 13.7. The lowest BCUT2D eigenvalue weighted by Crippen LogP contribution is -2.55. The van der Waals surface area contributed by atoms with Crippen molar-refractivity contribution in [2.24, 2.45) is 59.2 Å². The first-order valence-electron chi connectivity index (χ1n) is 15.6. The molecule has 6 aliphatic carbocycles. The number of rotatable bonds is 3. The maximum atomic E-state index is 10.6. The highest BCUT2D eigenvalue weighted by Crippen LogP contribution is 2.64. The number of hydrogen-bond acceptors (Lipinski definition) is 2. The highest BCUT2D eigenvalue weighted by molar-refractivity contribution is 6.43. The summed E-state index contributed by atoms with van der Waals surface area (Å²) in [6.45, 7) is 0. The number of hydrogen-bond donors (Lipinski definition) is 2. The third-order valence-corrected chi connectivity index (χ3v) is 12.6. The highest BCUT2D eigenvalue weighted by Gasteiger charge is 2.58. The average Bonchev–Trinajstić information content (AvgIpc) is 2.87. The molecular weight excluding hydrogens is 403 g/mol. The molecule has 2 nitrogen and oxygen atoms in total. The summed E-state index contributed by atoms with van der Waals surface area (Å²) in [6.07, 6.45) is 27.5. The first-order valence-corrected chi connectivity index (χ1v) is 15.6. The molecule has 6 aliphatic rings. The number of fused-ring (bicyclic) bond motifs is 3. The second-order valence-electron chi connectivity index (χ2n) is 13.7. The fraction of sp³-hybridized carbons (Fsp3) is 1.00. The fourth-order valence-electron chi connectivity index (χ4n) is 11.7. The lowest BCUT2D eigenvalue weighted by molar-refractivity contribution is -0.0983. The molecule has 0 aromatic carbocycles. The van der Waals surface area contributed by atoms with Crippen molar-refractivity contribution in [1.82, 2.24) is 0 Å². The standard InChI is InChI=1S/C30H51BO2/c32-31(33)30-27-16-8-6-14-24(27)29(25-15-7-9-17-28(25)30)26-19-18-21(20-10-2-1-3-11-20)22-12-4-5-13-23(22)26/h20-30,32-33H,1-19H2. The van der Waals surface area contributed by atoms with Gasteiger partial charge in [-0.05, 0) is 104 Å². The predicted molar refractivity (Wildman–Crippen MR) is 137 cm³/mol. The van der Waals surface area contributed by atoms with Crippen molar-refractivity contribution < 1.29 is 10.0 Å². The molecule has 186 valence electrons. The maximum Gasteiger partial charge on any atom is 0.455 e. The zero-order valence-electron chi connectivity index (χ0n) is 21.3. The summed E-state index contributed by atoms with van der Waals surface area (Å²) in [6, 6.07) is 0. The molecule has 0 radical (unpaired) electrons. The van der Waals surface area contributed by atoms with Crippen molar-refractivity contribution in [3.63, 3.8) is 0 Å². The molecule has 8 atom stereocenters. The lowest BCUT2D eigenvalue weighted by Gasteiger charge is -2.61. The SMILES string of the molecule is OB(O)C1C2CCCCC2C(C2CCC(C3CCCCC3)C3CCCCC32)C2CCCCC21. The molecule has 3 heteroatoms. The summed E-state index contributed by atoms with van der Waals surface area (Å²) in [5, 5.41) is 21.1. The molecule has 0 aromatic rings. The van der Waals surface area contributed by atoms with E-state index in [9.17, 15) is 10.0 Å². The van der Waals surface area contributed by atoms with Gasteiger partial charge in [0.1, 0.15) is 0 Å². The molecule has 6 saturated carbocycles. The topological polar surface area (TPSA) is 40.5 Å². The van der Waals surface area contributed by atoms with Crippen LogP contribution in [0.15, 0.2) is 0 Å². The van der Waals surface area contributed by atoms with E-state index in [1.807, 2.05) is 0 Å². The lowest BCUT2D eigenvalue weighted by atomic mass is 9.40. The van der Waals surface area contributed by atoms with Gasteiger partial charge in [0.15, 0.2) is 0 Å². The fourth-order valence-corrected chi connectivity index (χ4v) is 11.7. The van der Waals surface area contributed by atoms with E-state index in [-0.39, 0.29) is 5.82 Å². The quantitative estimate of drug-likeness (QED) is 0.434. The molecule has 0 heterocycles. The van der Waals surface area contributed by atoms with E-state index in [1.54, 1.807) is 0 Å². The molecule has 0 saturated heterocycles. The summed E-state index contributed by atoms with van der Waals surface area (Å²) in [7, 11) is -1.08. The summed E-state index contributed by atoms with van der Waals surface area (Å²) in [4.78, 5) is 0. The predicted octanol–water partition coefficient (Wildman–Crippen LogP) is 7.48.